The normalized spacial score (nSPS) is 14.0. The molecule has 2 aromatic carbocycles. The van der Waals surface area contributed by atoms with Crippen LogP contribution in [0.1, 0.15) is 5.56 Å². The van der Waals surface area contributed by atoms with Gasteiger partial charge in [0.2, 0.25) is 10.0 Å². The number of hydrogen-bond acceptors (Lipinski definition) is 4. The molecule has 0 aromatic heterocycles. The van der Waals surface area contributed by atoms with Crippen molar-refractivity contribution in [2.75, 3.05) is 20.3 Å². The molecule has 1 heterocycles. The van der Waals surface area contributed by atoms with Crippen LogP contribution in [0.5, 0.6) is 11.5 Å². The van der Waals surface area contributed by atoms with Crippen molar-refractivity contribution in [1.29, 1.82) is 0 Å². The molecule has 0 radical (unpaired) electrons. The summed E-state index contributed by atoms with van der Waals surface area (Å²) in [4.78, 5) is 0.0763. The molecule has 3 rings (SSSR count). The van der Waals surface area contributed by atoms with Crippen molar-refractivity contribution in [2.45, 2.75) is 11.4 Å². The maximum absolute atomic E-state index is 12.7. The molecular formula is C16H15BrClNO4S. The van der Waals surface area contributed by atoms with Crippen molar-refractivity contribution >= 4 is 37.6 Å². The molecule has 8 heteroatoms. The molecule has 0 spiro atoms. The van der Waals surface area contributed by atoms with Crippen LogP contribution in [0.25, 0.3) is 0 Å². The Morgan fingerprint density at radius 3 is 2.54 bits per heavy atom. The van der Waals surface area contributed by atoms with Crippen LogP contribution in [0.2, 0.25) is 5.02 Å². The highest BCUT2D eigenvalue weighted by Crippen LogP contribution is 2.32. The molecule has 0 fully saturated rings. The highest BCUT2D eigenvalue weighted by molar-refractivity contribution is 9.10. The second-order valence-corrected chi connectivity index (χ2v) is 8.65. The van der Waals surface area contributed by atoms with Crippen molar-refractivity contribution in [2.24, 2.45) is 0 Å². The van der Waals surface area contributed by atoms with Gasteiger partial charge in [0.25, 0.3) is 0 Å². The van der Waals surface area contributed by atoms with Gasteiger partial charge in [0.1, 0.15) is 18.1 Å². The lowest BCUT2D eigenvalue weighted by Crippen LogP contribution is -2.27. The zero-order valence-corrected chi connectivity index (χ0v) is 16.0. The maximum atomic E-state index is 12.7. The first kappa shape index (κ1) is 17.5. The number of rotatable bonds is 4. The number of halogens is 2. The highest BCUT2D eigenvalue weighted by atomic mass is 79.9. The van der Waals surface area contributed by atoms with Crippen LogP contribution in [0, 0.1) is 0 Å². The Morgan fingerprint density at radius 2 is 1.83 bits per heavy atom. The smallest absolute Gasteiger partial charge is 0.244 e. The van der Waals surface area contributed by atoms with Crippen LogP contribution >= 0.6 is 27.5 Å². The molecule has 0 aliphatic carbocycles. The number of benzene rings is 2. The third-order valence-corrected chi connectivity index (χ3v) is 6.37. The molecule has 5 nitrogen and oxygen atoms in total. The van der Waals surface area contributed by atoms with Gasteiger partial charge in [-0.1, -0.05) is 33.6 Å². The molecule has 0 bridgehead atoms. The van der Waals surface area contributed by atoms with E-state index in [2.05, 4.69) is 15.9 Å². The third kappa shape index (κ3) is 3.54. The highest BCUT2D eigenvalue weighted by Gasteiger charge is 2.24. The number of fused-ring (bicyclic) bond motifs is 1. The van der Waals surface area contributed by atoms with E-state index in [-0.39, 0.29) is 16.5 Å². The summed E-state index contributed by atoms with van der Waals surface area (Å²) < 4.78 is 38.4. The summed E-state index contributed by atoms with van der Waals surface area (Å²) in [7, 11) is -2.18. The zero-order valence-electron chi connectivity index (χ0n) is 12.8. The Morgan fingerprint density at radius 1 is 1.12 bits per heavy atom. The molecule has 0 saturated carbocycles. The van der Waals surface area contributed by atoms with E-state index in [1.54, 1.807) is 24.3 Å². The lowest BCUT2D eigenvalue weighted by Gasteiger charge is -2.21. The molecule has 0 N–H and O–H groups in total. The van der Waals surface area contributed by atoms with Crippen molar-refractivity contribution in [3.05, 3.63) is 51.5 Å². The quantitative estimate of drug-likeness (QED) is 0.739. The number of ether oxygens (including phenoxy) is 2. The minimum Gasteiger partial charge on any atom is -0.486 e. The van der Waals surface area contributed by atoms with Gasteiger partial charge < -0.3 is 9.47 Å². The predicted molar refractivity (Wildman–Crippen MR) is 95.2 cm³/mol. The number of sulfonamides is 1. The van der Waals surface area contributed by atoms with Crippen molar-refractivity contribution in [3.8, 4) is 11.5 Å². The number of hydrogen-bond donors (Lipinski definition) is 0. The van der Waals surface area contributed by atoms with E-state index >= 15 is 0 Å². The van der Waals surface area contributed by atoms with E-state index in [9.17, 15) is 8.42 Å². The van der Waals surface area contributed by atoms with Gasteiger partial charge in [-0.2, -0.15) is 4.31 Å². The average molecular weight is 433 g/mol. The fourth-order valence-corrected chi connectivity index (χ4v) is 4.55. The summed E-state index contributed by atoms with van der Waals surface area (Å²) in [5, 5.41) is 0.179. The van der Waals surface area contributed by atoms with Crippen LogP contribution in [-0.4, -0.2) is 33.0 Å². The van der Waals surface area contributed by atoms with Crippen LogP contribution in [0.4, 0.5) is 0 Å². The van der Waals surface area contributed by atoms with Crippen LogP contribution in [0.3, 0.4) is 0 Å². The van der Waals surface area contributed by atoms with E-state index in [1.165, 1.54) is 17.4 Å². The lowest BCUT2D eigenvalue weighted by atomic mass is 10.2. The van der Waals surface area contributed by atoms with E-state index in [0.29, 0.717) is 24.7 Å². The van der Waals surface area contributed by atoms with Gasteiger partial charge in [-0.05, 0) is 35.9 Å². The fourth-order valence-electron chi connectivity index (χ4n) is 2.38. The molecule has 0 saturated heterocycles. The van der Waals surface area contributed by atoms with Gasteiger partial charge in [-0.3, -0.25) is 0 Å². The van der Waals surface area contributed by atoms with Gasteiger partial charge in [-0.15, -0.1) is 0 Å². The minimum atomic E-state index is -3.70. The van der Waals surface area contributed by atoms with Crippen LogP contribution < -0.4 is 9.47 Å². The first-order valence-corrected chi connectivity index (χ1v) is 9.79. The van der Waals surface area contributed by atoms with E-state index in [4.69, 9.17) is 21.1 Å². The summed E-state index contributed by atoms with van der Waals surface area (Å²) >= 11 is 9.35. The van der Waals surface area contributed by atoms with E-state index < -0.39 is 10.0 Å². The molecule has 2 aromatic rings. The van der Waals surface area contributed by atoms with Crippen LogP contribution in [0.15, 0.2) is 45.8 Å². The Bertz CT molecular complexity index is 872. The molecule has 128 valence electrons. The zero-order chi connectivity index (χ0) is 17.3. The molecule has 24 heavy (non-hydrogen) atoms. The first-order chi connectivity index (χ1) is 11.4. The summed E-state index contributed by atoms with van der Waals surface area (Å²) in [6.45, 7) is 1.20. The first-order valence-electron chi connectivity index (χ1n) is 7.18. The average Bonchev–Trinajstić information content (AvgIpc) is 2.54. The molecular weight excluding hydrogens is 418 g/mol. The summed E-state index contributed by atoms with van der Waals surface area (Å²) in [6.07, 6.45) is 0. The monoisotopic (exact) mass is 431 g/mol. The summed E-state index contributed by atoms with van der Waals surface area (Å²) in [5.74, 6) is 1.30. The van der Waals surface area contributed by atoms with Gasteiger partial charge in [0, 0.05) is 18.1 Å². The maximum Gasteiger partial charge on any atom is 0.244 e. The molecule has 0 atom stereocenters. The topological polar surface area (TPSA) is 55.8 Å². The largest absolute Gasteiger partial charge is 0.486 e. The molecule has 0 unspecified atom stereocenters. The standard InChI is InChI=1S/C16H15BrClNO4S/c1-19(24(20,21)16-5-3-12(17)9-13(16)18)10-11-2-4-14-15(8-11)23-7-6-22-14/h2-5,8-9H,6-7,10H2,1H3. The molecule has 1 aliphatic heterocycles. The van der Waals surface area contributed by atoms with Crippen LogP contribution in [-0.2, 0) is 16.6 Å². The van der Waals surface area contributed by atoms with Gasteiger partial charge in [-0.25, -0.2) is 8.42 Å². The second-order valence-electron chi connectivity index (χ2n) is 5.31. The van der Waals surface area contributed by atoms with Gasteiger partial charge >= 0.3 is 0 Å². The Hall–Kier alpha value is -1.28. The van der Waals surface area contributed by atoms with E-state index in [1.807, 2.05) is 6.07 Å². The summed E-state index contributed by atoms with van der Waals surface area (Å²) in [5.41, 5.74) is 0.804. The number of nitrogens with zero attached hydrogens (tertiary/aromatic N) is 1. The molecule has 1 aliphatic rings. The van der Waals surface area contributed by atoms with Crippen molar-refractivity contribution < 1.29 is 17.9 Å². The fraction of sp³-hybridized carbons (Fsp3) is 0.250. The van der Waals surface area contributed by atoms with E-state index in [0.717, 1.165) is 10.0 Å². The van der Waals surface area contributed by atoms with Crippen molar-refractivity contribution in [3.63, 3.8) is 0 Å². The lowest BCUT2D eigenvalue weighted by molar-refractivity contribution is 0.171. The second kappa shape index (κ2) is 6.92. The SMILES string of the molecule is CN(Cc1ccc2c(c1)OCCO2)S(=O)(=O)c1ccc(Br)cc1Cl. The molecule has 0 amide bonds. The van der Waals surface area contributed by atoms with Crippen molar-refractivity contribution in [1.82, 2.24) is 4.31 Å². The Kier molecular flexibility index (Phi) is 5.05. The van der Waals surface area contributed by atoms with Gasteiger partial charge in [0.15, 0.2) is 11.5 Å². The predicted octanol–water partition coefficient (Wildman–Crippen LogP) is 3.69. The Balaban J connectivity index is 1.84. The minimum absolute atomic E-state index is 0.0763. The Labute approximate surface area is 154 Å². The third-order valence-electron chi connectivity index (χ3n) is 3.59. The summed E-state index contributed by atoms with van der Waals surface area (Å²) in [6, 6.07) is 10.1. The van der Waals surface area contributed by atoms with Gasteiger partial charge in [0.05, 0.1) is 5.02 Å².